The SMILES string of the molecule is Nc1ncccc1-c1ccc2cccnc2c1. The number of anilines is 1. The van der Waals surface area contributed by atoms with Crippen molar-refractivity contribution in [3.63, 3.8) is 0 Å². The molecule has 0 unspecified atom stereocenters. The Labute approximate surface area is 98.9 Å². The maximum absolute atomic E-state index is 5.87. The van der Waals surface area contributed by atoms with Crippen molar-refractivity contribution in [2.45, 2.75) is 0 Å². The highest BCUT2D eigenvalue weighted by atomic mass is 14.8. The average Bonchev–Trinajstić information content (AvgIpc) is 2.39. The summed E-state index contributed by atoms with van der Waals surface area (Å²) in [6.45, 7) is 0. The van der Waals surface area contributed by atoms with Gasteiger partial charge in [-0.2, -0.15) is 0 Å². The van der Waals surface area contributed by atoms with Crippen LogP contribution in [0.3, 0.4) is 0 Å². The minimum Gasteiger partial charge on any atom is -0.383 e. The Morgan fingerprint density at radius 3 is 2.59 bits per heavy atom. The van der Waals surface area contributed by atoms with Crippen molar-refractivity contribution < 1.29 is 0 Å². The molecule has 3 nitrogen and oxygen atoms in total. The minimum absolute atomic E-state index is 0.544. The van der Waals surface area contributed by atoms with Gasteiger partial charge in [0.2, 0.25) is 0 Å². The maximum atomic E-state index is 5.87. The van der Waals surface area contributed by atoms with Crippen LogP contribution in [0.1, 0.15) is 0 Å². The molecular weight excluding hydrogens is 210 g/mol. The van der Waals surface area contributed by atoms with Crippen molar-refractivity contribution in [3.8, 4) is 11.1 Å². The second-order valence-electron chi connectivity index (χ2n) is 3.85. The molecule has 2 heterocycles. The lowest BCUT2D eigenvalue weighted by atomic mass is 10.0. The second kappa shape index (κ2) is 3.87. The fraction of sp³-hybridized carbons (Fsp3) is 0. The van der Waals surface area contributed by atoms with Crippen LogP contribution in [0.15, 0.2) is 54.9 Å². The molecule has 0 aliphatic rings. The Kier molecular flexibility index (Phi) is 2.22. The molecule has 1 aromatic carbocycles. The van der Waals surface area contributed by atoms with E-state index >= 15 is 0 Å². The molecule has 2 N–H and O–H groups in total. The van der Waals surface area contributed by atoms with Crippen LogP contribution in [0.25, 0.3) is 22.0 Å². The van der Waals surface area contributed by atoms with E-state index in [0.717, 1.165) is 22.0 Å². The first-order chi connectivity index (χ1) is 8.34. The standard InChI is InChI=1S/C14H11N3/c15-14-12(4-2-8-17-14)11-6-5-10-3-1-7-16-13(10)9-11/h1-9H,(H2,15,17). The molecule has 0 radical (unpaired) electrons. The van der Waals surface area contributed by atoms with Crippen LogP contribution in [0.2, 0.25) is 0 Å². The van der Waals surface area contributed by atoms with Crippen LogP contribution in [0.5, 0.6) is 0 Å². The second-order valence-corrected chi connectivity index (χ2v) is 3.85. The summed E-state index contributed by atoms with van der Waals surface area (Å²) in [7, 11) is 0. The van der Waals surface area contributed by atoms with E-state index in [4.69, 9.17) is 5.73 Å². The molecule has 17 heavy (non-hydrogen) atoms. The Morgan fingerprint density at radius 1 is 0.882 bits per heavy atom. The zero-order valence-corrected chi connectivity index (χ0v) is 9.17. The first-order valence-corrected chi connectivity index (χ1v) is 5.40. The van der Waals surface area contributed by atoms with Gasteiger partial charge < -0.3 is 5.73 Å². The number of fused-ring (bicyclic) bond motifs is 1. The lowest BCUT2D eigenvalue weighted by Crippen LogP contribution is -1.93. The molecule has 0 bridgehead atoms. The van der Waals surface area contributed by atoms with Crippen molar-refractivity contribution in [3.05, 3.63) is 54.9 Å². The number of aromatic nitrogens is 2. The Hall–Kier alpha value is -2.42. The predicted molar refractivity (Wildman–Crippen MR) is 69.4 cm³/mol. The van der Waals surface area contributed by atoms with E-state index in [0.29, 0.717) is 5.82 Å². The van der Waals surface area contributed by atoms with Crippen LogP contribution >= 0.6 is 0 Å². The van der Waals surface area contributed by atoms with Crippen molar-refractivity contribution in [1.82, 2.24) is 9.97 Å². The summed E-state index contributed by atoms with van der Waals surface area (Å²) in [5.41, 5.74) is 8.82. The third-order valence-corrected chi connectivity index (χ3v) is 2.76. The summed E-state index contributed by atoms with van der Waals surface area (Å²) in [5.74, 6) is 0.544. The molecule has 3 heteroatoms. The molecule has 3 aromatic rings. The smallest absolute Gasteiger partial charge is 0.131 e. The van der Waals surface area contributed by atoms with Gasteiger partial charge >= 0.3 is 0 Å². The van der Waals surface area contributed by atoms with Crippen molar-refractivity contribution in [2.75, 3.05) is 5.73 Å². The number of benzene rings is 1. The van der Waals surface area contributed by atoms with Gasteiger partial charge in [-0.05, 0) is 29.8 Å². The van der Waals surface area contributed by atoms with Gasteiger partial charge in [-0.25, -0.2) is 4.98 Å². The fourth-order valence-electron chi connectivity index (χ4n) is 1.90. The Balaban J connectivity index is 2.22. The van der Waals surface area contributed by atoms with Gasteiger partial charge in [-0.15, -0.1) is 0 Å². The maximum Gasteiger partial charge on any atom is 0.131 e. The number of nitrogen functional groups attached to an aromatic ring is 1. The van der Waals surface area contributed by atoms with E-state index in [1.807, 2.05) is 42.5 Å². The largest absolute Gasteiger partial charge is 0.383 e. The number of nitrogens with two attached hydrogens (primary N) is 1. The van der Waals surface area contributed by atoms with E-state index < -0.39 is 0 Å². The van der Waals surface area contributed by atoms with Crippen molar-refractivity contribution in [2.24, 2.45) is 0 Å². The van der Waals surface area contributed by atoms with E-state index in [2.05, 4.69) is 9.97 Å². The first-order valence-electron chi connectivity index (χ1n) is 5.40. The minimum atomic E-state index is 0.544. The number of hydrogen-bond acceptors (Lipinski definition) is 3. The molecule has 0 saturated heterocycles. The van der Waals surface area contributed by atoms with E-state index in [1.54, 1.807) is 12.4 Å². The van der Waals surface area contributed by atoms with Crippen LogP contribution in [0, 0.1) is 0 Å². The summed E-state index contributed by atoms with van der Waals surface area (Å²) in [4.78, 5) is 8.43. The zero-order chi connectivity index (χ0) is 11.7. The van der Waals surface area contributed by atoms with Crippen molar-refractivity contribution >= 4 is 16.7 Å². The van der Waals surface area contributed by atoms with Gasteiger partial charge in [0.1, 0.15) is 5.82 Å². The third kappa shape index (κ3) is 1.72. The fourth-order valence-corrected chi connectivity index (χ4v) is 1.90. The number of hydrogen-bond donors (Lipinski definition) is 1. The van der Waals surface area contributed by atoms with Gasteiger partial charge in [-0.1, -0.05) is 18.2 Å². The molecule has 3 rings (SSSR count). The van der Waals surface area contributed by atoms with E-state index in [-0.39, 0.29) is 0 Å². The van der Waals surface area contributed by atoms with Gasteiger partial charge in [-0.3, -0.25) is 4.98 Å². The van der Waals surface area contributed by atoms with Gasteiger partial charge in [0.05, 0.1) is 5.52 Å². The quantitative estimate of drug-likeness (QED) is 0.687. The topological polar surface area (TPSA) is 51.8 Å². The van der Waals surface area contributed by atoms with E-state index in [1.165, 1.54) is 0 Å². The van der Waals surface area contributed by atoms with Crippen molar-refractivity contribution in [1.29, 1.82) is 0 Å². The molecule has 2 aromatic heterocycles. The lowest BCUT2D eigenvalue weighted by molar-refractivity contribution is 1.34. The van der Waals surface area contributed by atoms with Gasteiger partial charge in [0.15, 0.2) is 0 Å². The average molecular weight is 221 g/mol. The Morgan fingerprint density at radius 2 is 1.71 bits per heavy atom. The highest BCUT2D eigenvalue weighted by Crippen LogP contribution is 2.26. The molecule has 0 amide bonds. The first kappa shape index (κ1) is 9.78. The van der Waals surface area contributed by atoms with Crippen LogP contribution in [-0.4, -0.2) is 9.97 Å². The molecule has 0 spiro atoms. The van der Waals surface area contributed by atoms with Crippen LogP contribution < -0.4 is 5.73 Å². The number of pyridine rings is 2. The predicted octanol–water partition coefficient (Wildman–Crippen LogP) is 2.88. The molecule has 0 aliphatic carbocycles. The molecule has 82 valence electrons. The summed E-state index contributed by atoms with van der Waals surface area (Å²) < 4.78 is 0. The highest BCUT2D eigenvalue weighted by molar-refractivity contribution is 5.86. The zero-order valence-electron chi connectivity index (χ0n) is 9.17. The lowest BCUT2D eigenvalue weighted by Gasteiger charge is -2.05. The summed E-state index contributed by atoms with van der Waals surface area (Å²) in [6.07, 6.45) is 3.48. The van der Waals surface area contributed by atoms with Gasteiger partial charge in [0, 0.05) is 23.3 Å². The monoisotopic (exact) mass is 221 g/mol. The van der Waals surface area contributed by atoms with Crippen LogP contribution in [0.4, 0.5) is 5.82 Å². The molecule has 0 saturated carbocycles. The molecule has 0 fully saturated rings. The van der Waals surface area contributed by atoms with E-state index in [9.17, 15) is 0 Å². The highest BCUT2D eigenvalue weighted by Gasteiger charge is 2.03. The normalized spacial score (nSPS) is 10.6. The summed E-state index contributed by atoms with van der Waals surface area (Å²) >= 11 is 0. The van der Waals surface area contributed by atoms with Gasteiger partial charge in [0.25, 0.3) is 0 Å². The summed E-state index contributed by atoms with van der Waals surface area (Å²) in [5, 5.41) is 1.12. The number of rotatable bonds is 1. The molecule has 0 aliphatic heterocycles. The molecular formula is C14H11N3. The summed E-state index contributed by atoms with van der Waals surface area (Å²) in [6, 6.07) is 13.9. The van der Waals surface area contributed by atoms with Crippen LogP contribution in [-0.2, 0) is 0 Å². The Bertz CT molecular complexity index is 677. The third-order valence-electron chi connectivity index (χ3n) is 2.76. The number of nitrogens with zero attached hydrogens (tertiary/aromatic N) is 2. The molecule has 0 atom stereocenters.